The van der Waals surface area contributed by atoms with Gasteiger partial charge < -0.3 is 34.5 Å². The molecule has 2 aromatic carbocycles. The van der Waals surface area contributed by atoms with Crippen molar-refractivity contribution in [3.05, 3.63) is 64.8 Å². The topological polar surface area (TPSA) is 104 Å². The predicted octanol–water partition coefficient (Wildman–Crippen LogP) is 1.87. The molecule has 7 nitrogen and oxygen atoms in total. The fourth-order valence-corrected chi connectivity index (χ4v) is 4.26. The molecule has 0 radical (unpaired) electrons. The van der Waals surface area contributed by atoms with Gasteiger partial charge in [0.05, 0.1) is 24.3 Å². The van der Waals surface area contributed by atoms with Crippen LogP contribution in [0.1, 0.15) is 17.2 Å². The van der Waals surface area contributed by atoms with E-state index in [1.807, 2.05) is 41.1 Å². The molecular formula is C22H24ClNO6. The van der Waals surface area contributed by atoms with Crippen LogP contribution in [0.25, 0.3) is 10.9 Å². The summed E-state index contributed by atoms with van der Waals surface area (Å²) in [4.78, 5) is 0. The Labute approximate surface area is 178 Å². The third kappa shape index (κ3) is 3.69. The Morgan fingerprint density at radius 1 is 1.03 bits per heavy atom. The fraction of sp³-hybridized carbons (Fsp3) is 0.364. The Morgan fingerprint density at radius 2 is 1.77 bits per heavy atom. The normalized spacial score (nSPS) is 26.8. The molecule has 0 spiro atoms. The number of aromatic nitrogens is 1. The summed E-state index contributed by atoms with van der Waals surface area (Å²) in [5.41, 5.74) is 2.41. The number of ether oxygens (including phenoxy) is 2. The third-order valence-electron chi connectivity index (χ3n) is 5.59. The number of hydrogen-bond donors (Lipinski definition) is 4. The average molecular weight is 434 g/mol. The van der Waals surface area contributed by atoms with Gasteiger partial charge >= 0.3 is 0 Å². The molecule has 2 heterocycles. The van der Waals surface area contributed by atoms with Crippen molar-refractivity contribution in [2.75, 3.05) is 13.7 Å². The minimum absolute atomic E-state index is 0.479. The van der Waals surface area contributed by atoms with E-state index in [1.54, 1.807) is 19.2 Å². The highest BCUT2D eigenvalue weighted by molar-refractivity contribution is 6.35. The maximum atomic E-state index is 10.6. The SMILES string of the molecule is COc1ccc(Cn2cc([C@@H]3O[C@H](CO)[C@@H](O)[C@H](O)[C@H]3O)c3cccc(Cl)c32)cc1. The van der Waals surface area contributed by atoms with Gasteiger partial charge in [0.15, 0.2) is 0 Å². The smallest absolute Gasteiger partial charge is 0.118 e. The Bertz CT molecular complexity index is 1020. The Hall–Kier alpha value is -2.13. The van der Waals surface area contributed by atoms with E-state index in [0.29, 0.717) is 17.1 Å². The number of methoxy groups -OCH3 is 1. The van der Waals surface area contributed by atoms with Crippen LogP contribution >= 0.6 is 11.6 Å². The van der Waals surface area contributed by atoms with E-state index in [4.69, 9.17) is 21.1 Å². The third-order valence-corrected chi connectivity index (χ3v) is 5.90. The highest BCUT2D eigenvalue weighted by Gasteiger charge is 2.44. The molecule has 5 atom stereocenters. The quantitative estimate of drug-likeness (QED) is 0.489. The van der Waals surface area contributed by atoms with Crippen LogP contribution in [0.4, 0.5) is 0 Å². The molecule has 160 valence electrons. The number of nitrogens with zero attached hydrogens (tertiary/aromatic N) is 1. The van der Waals surface area contributed by atoms with Gasteiger partial charge in [0.1, 0.15) is 36.3 Å². The fourth-order valence-electron chi connectivity index (χ4n) is 3.98. The average Bonchev–Trinajstić information content (AvgIpc) is 3.12. The number of halogens is 1. The van der Waals surface area contributed by atoms with Gasteiger partial charge in [-0.15, -0.1) is 0 Å². The number of fused-ring (bicyclic) bond motifs is 1. The first-order valence-corrected chi connectivity index (χ1v) is 10.0. The monoisotopic (exact) mass is 433 g/mol. The molecule has 30 heavy (non-hydrogen) atoms. The lowest BCUT2D eigenvalue weighted by atomic mass is 9.91. The van der Waals surface area contributed by atoms with Crippen molar-refractivity contribution in [3.8, 4) is 5.75 Å². The second-order valence-electron chi connectivity index (χ2n) is 7.45. The summed E-state index contributed by atoms with van der Waals surface area (Å²) in [5.74, 6) is 0.760. The first-order chi connectivity index (χ1) is 14.4. The molecule has 1 fully saturated rings. The number of rotatable bonds is 5. The number of para-hydroxylation sites is 1. The van der Waals surface area contributed by atoms with Crippen LogP contribution < -0.4 is 4.74 Å². The molecule has 0 amide bonds. The van der Waals surface area contributed by atoms with Gasteiger partial charge in [-0.25, -0.2) is 0 Å². The number of aliphatic hydroxyl groups excluding tert-OH is 4. The summed E-state index contributed by atoms with van der Waals surface area (Å²) in [6.45, 7) is 0.0361. The zero-order chi connectivity index (χ0) is 21.4. The van der Waals surface area contributed by atoms with E-state index in [1.165, 1.54) is 0 Å². The molecule has 1 aromatic heterocycles. The highest BCUT2D eigenvalue weighted by Crippen LogP contribution is 2.39. The molecule has 0 aliphatic carbocycles. The molecule has 1 saturated heterocycles. The van der Waals surface area contributed by atoms with Gasteiger partial charge in [-0.3, -0.25) is 0 Å². The standard InChI is InChI=1S/C22H24ClNO6/c1-29-13-7-5-12(6-8-13)9-24-10-15(14-3-2-4-16(23)18(14)24)22-21(28)20(27)19(26)17(11-25)30-22/h2-8,10,17,19-22,25-28H,9,11H2,1H3/t17-,19-,20+,21-,22+/m1/s1. The zero-order valence-electron chi connectivity index (χ0n) is 16.4. The summed E-state index contributed by atoms with van der Waals surface area (Å²) >= 11 is 6.50. The van der Waals surface area contributed by atoms with Crippen molar-refractivity contribution in [1.82, 2.24) is 4.57 Å². The van der Waals surface area contributed by atoms with Crippen molar-refractivity contribution in [1.29, 1.82) is 0 Å². The van der Waals surface area contributed by atoms with Crippen molar-refractivity contribution >= 4 is 22.5 Å². The van der Waals surface area contributed by atoms with Gasteiger partial charge in [0.2, 0.25) is 0 Å². The summed E-state index contributed by atoms with van der Waals surface area (Å²) < 4.78 is 12.9. The van der Waals surface area contributed by atoms with Crippen LogP contribution in [-0.4, -0.2) is 63.1 Å². The molecule has 0 saturated carbocycles. The maximum absolute atomic E-state index is 10.6. The van der Waals surface area contributed by atoms with Crippen LogP contribution in [0.15, 0.2) is 48.7 Å². The van der Waals surface area contributed by atoms with Crippen LogP contribution in [0.2, 0.25) is 5.02 Å². The van der Waals surface area contributed by atoms with Crippen molar-refractivity contribution in [3.63, 3.8) is 0 Å². The lowest BCUT2D eigenvalue weighted by Gasteiger charge is -2.40. The summed E-state index contributed by atoms with van der Waals surface area (Å²) in [7, 11) is 1.61. The number of benzene rings is 2. The largest absolute Gasteiger partial charge is 0.497 e. The Morgan fingerprint density at radius 3 is 2.43 bits per heavy atom. The van der Waals surface area contributed by atoms with Gasteiger partial charge in [0.25, 0.3) is 0 Å². The molecule has 0 unspecified atom stereocenters. The van der Waals surface area contributed by atoms with Gasteiger partial charge in [-0.2, -0.15) is 0 Å². The van der Waals surface area contributed by atoms with Crippen LogP contribution in [0, 0.1) is 0 Å². The Kier molecular flexibility index (Phi) is 6.02. The first-order valence-electron chi connectivity index (χ1n) is 9.65. The second kappa shape index (κ2) is 8.55. The van der Waals surface area contributed by atoms with E-state index in [9.17, 15) is 20.4 Å². The molecular weight excluding hydrogens is 410 g/mol. The lowest BCUT2D eigenvalue weighted by Crippen LogP contribution is -2.55. The van der Waals surface area contributed by atoms with Crippen molar-refractivity contribution in [2.24, 2.45) is 0 Å². The van der Waals surface area contributed by atoms with E-state index in [2.05, 4.69) is 0 Å². The number of aliphatic hydroxyl groups is 4. The summed E-state index contributed by atoms with van der Waals surface area (Å²) in [6.07, 6.45) is -4.29. The second-order valence-corrected chi connectivity index (χ2v) is 7.85. The molecule has 0 bridgehead atoms. The van der Waals surface area contributed by atoms with E-state index >= 15 is 0 Å². The Balaban J connectivity index is 1.76. The molecule has 1 aliphatic heterocycles. The summed E-state index contributed by atoms with van der Waals surface area (Å²) in [5, 5.41) is 41.7. The van der Waals surface area contributed by atoms with E-state index < -0.39 is 37.1 Å². The molecule has 8 heteroatoms. The van der Waals surface area contributed by atoms with Gasteiger partial charge in [-0.1, -0.05) is 35.9 Å². The van der Waals surface area contributed by atoms with E-state index in [-0.39, 0.29) is 0 Å². The number of hydrogen-bond acceptors (Lipinski definition) is 6. The minimum atomic E-state index is -1.44. The molecule has 4 rings (SSSR count). The first kappa shape index (κ1) is 21.1. The molecule has 4 N–H and O–H groups in total. The van der Waals surface area contributed by atoms with Gasteiger partial charge in [0, 0.05) is 23.7 Å². The zero-order valence-corrected chi connectivity index (χ0v) is 17.1. The highest BCUT2D eigenvalue weighted by atomic mass is 35.5. The molecule has 1 aliphatic rings. The van der Waals surface area contributed by atoms with Gasteiger partial charge in [-0.05, 0) is 23.8 Å². The van der Waals surface area contributed by atoms with Crippen LogP contribution in [-0.2, 0) is 11.3 Å². The predicted molar refractivity (Wildman–Crippen MR) is 112 cm³/mol. The summed E-state index contributed by atoms with van der Waals surface area (Å²) in [6, 6.07) is 13.1. The van der Waals surface area contributed by atoms with Crippen molar-refractivity contribution in [2.45, 2.75) is 37.1 Å². The molecule has 3 aromatic rings. The van der Waals surface area contributed by atoms with Crippen molar-refractivity contribution < 1.29 is 29.9 Å². The van der Waals surface area contributed by atoms with Crippen LogP contribution in [0.5, 0.6) is 5.75 Å². The maximum Gasteiger partial charge on any atom is 0.118 e. The lowest BCUT2D eigenvalue weighted by molar-refractivity contribution is -0.231. The van der Waals surface area contributed by atoms with E-state index in [0.717, 1.165) is 22.2 Å². The minimum Gasteiger partial charge on any atom is -0.497 e. The van der Waals surface area contributed by atoms with Crippen LogP contribution in [0.3, 0.4) is 0 Å².